The summed E-state index contributed by atoms with van der Waals surface area (Å²) >= 11 is 0. The molecule has 3 nitrogen and oxygen atoms in total. The summed E-state index contributed by atoms with van der Waals surface area (Å²) in [7, 11) is 0. The second-order valence-corrected chi connectivity index (χ2v) is 4.09. The van der Waals surface area contributed by atoms with Gasteiger partial charge in [-0.05, 0) is 19.4 Å². The van der Waals surface area contributed by atoms with Gasteiger partial charge in [0.2, 0.25) is 0 Å². The summed E-state index contributed by atoms with van der Waals surface area (Å²) in [6, 6.07) is 0. The van der Waals surface area contributed by atoms with Crippen molar-refractivity contribution < 1.29 is 0 Å². The lowest BCUT2D eigenvalue weighted by Crippen LogP contribution is -2.52. The van der Waals surface area contributed by atoms with Gasteiger partial charge in [-0.1, -0.05) is 20.3 Å². The van der Waals surface area contributed by atoms with Crippen molar-refractivity contribution in [2.45, 2.75) is 33.1 Å². The molecular formula is C11H25N3. The Morgan fingerprint density at radius 2 is 1.71 bits per heavy atom. The average molecular weight is 199 g/mol. The molecule has 1 aliphatic rings. The normalized spacial score (nSPS) is 20.1. The largest absolute Gasteiger partial charge is 0.301 e. The van der Waals surface area contributed by atoms with E-state index in [1.54, 1.807) is 0 Å². The summed E-state index contributed by atoms with van der Waals surface area (Å²) in [5, 5.41) is 2.38. The van der Waals surface area contributed by atoms with Crippen molar-refractivity contribution in [2.75, 3.05) is 39.3 Å². The predicted octanol–water partition coefficient (Wildman–Crippen LogP) is 1.32. The second kappa shape index (κ2) is 7.21. The van der Waals surface area contributed by atoms with E-state index in [0.717, 1.165) is 6.54 Å². The van der Waals surface area contributed by atoms with E-state index in [-0.39, 0.29) is 0 Å². The number of rotatable bonds is 6. The standard InChI is InChI=1S/C11H25N3/c1-3-5-6-12-14-10-8-13(7-4-2)9-11-14/h12H,3-11H2,1-2H3. The van der Waals surface area contributed by atoms with Crippen molar-refractivity contribution in [2.24, 2.45) is 0 Å². The third kappa shape index (κ3) is 4.40. The molecule has 0 unspecified atom stereocenters. The summed E-state index contributed by atoms with van der Waals surface area (Å²) in [6.07, 6.45) is 3.85. The van der Waals surface area contributed by atoms with Gasteiger partial charge in [0.25, 0.3) is 0 Å². The highest BCUT2D eigenvalue weighted by Crippen LogP contribution is 1.99. The molecule has 0 spiro atoms. The first-order valence-corrected chi connectivity index (χ1v) is 6.07. The SMILES string of the molecule is CCCCNN1CCN(CCC)CC1. The molecule has 0 aromatic rings. The monoisotopic (exact) mass is 199 g/mol. The lowest BCUT2D eigenvalue weighted by Gasteiger charge is -2.34. The fraction of sp³-hybridized carbons (Fsp3) is 1.00. The zero-order valence-electron chi connectivity index (χ0n) is 9.76. The second-order valence-electron chi connectivity index (χ2n) is 4.09. The summed E-state index contributed by atoms with van der Waals surface area (Å²) in [4.78, 5) is 2.55. The van der Waals surface area contributed by atoms with Gasteiger partial charge in [-0.25, -0.2) is 5.01 Å². The molecule has 1 saturated heterocycles. The highest BCUT2D eigenvalue weighted by atomic mass is 15.5. The molecular weight excluding hydrogens is 174 g/mol. The van der Waals surface area contributed by atoms with Crippen LogP contribution in [0.25, 0.3) is 0 Å². The van der Waals surface area contributed by atoms with Crippen LogP contribution in [0.2, 0.25) is 0 Å². The molecule has 0 atom stereocenters. The maximum Gasteiger partial charge on any atom is 0.0259 e. The van der Waals surface area contributed by atoms with Gasteiger partial charge < -0.3 is 4.90 Å². The maximum atomic E-state index is 3.49. The van der Waals surface area contributed by atoms with E-state index in [1.165, 1.54) is 52.0 Å². The summed E-state index contributed by atoms with van der Waals surface area (Å²) in [5.41, 5.74) is 3.49. The van der Waals surface area contributed by atoms with Gasteiger partial charge in [-0.2, -0.15) is 0 Å². The number of hydrogen-bond donors (Lipinski definition) is 1. The number of piperazine rings is 1. The van der Waals surface area contributed by atoms with Gasteiger partial charge in [-0.15, -0.1) is 0 Å². The molecule has 84 valence electrons. The van der Waals surface area contributed by atoms with Crippen LogP contribution >= 0.6 is 0 Å². The zero-order chi connectivity index (χ0) is 10.2. The third-order valence-corrected chi connectivity index (χ3v) is 2.78. The fourth-order valence-corrected chi connectivity index (χ4v) is 1.86. The Hall–Kier alpha value is -0.120. The Balaban J connectivity index is 2.03. The average Bonchev–Trinajstić information content (AvgIpc) is 2.21. The quantitative estimate of drug-likeness (QED) is 0.651. The Kier molecular flexibility index (Phi) is 6.15. The molecule has 1 rings (SSSR count). The molecule has 0 saturated carbocycles. The molecule has 0 amide bonds. The summed E-state index contributed by atoms with van der Waals surface area (Å²) in [5.74, 6) is 0. The van der Waals surface area contributed by atoms with E-state index in [0.29, 0.717) is 0 Å². The van der Waals surface area contributed by atoms with Crippen molar-refractivity contribution in [1.29, 1.82) is 0 Å². The highest BCUT2D eigenvalue weighted by molar-refractivity contribution is 4.68. The minimum atomic E-state index is 1.14. The van der Waals surface area contributed by atoms with E-state index in [4.69, 9.17) is 0 Å². The molecule has 0 radical (unpaired) electrons. The fourth-order valence-electron chi connectivity index (χ4n) is 1.86. The topological polar surface area (TPSA) is 18.5 Å². The smallest absolute Gasteiger partial charge is 0.0259 e. The minimum Gasteiger partial charge on any atom is -0.301 e. The molecule has 0 bridgehead atoms. The van der Waals surface area contributed by atoms with Gasteiger partial charge in [0.15, 0.2) is 0 Å². The van der Waals surface area contributed by atoms with Crippen molar-refractivity contribution in [1.82, 2.24) is 15.3 Å². The molecule has 14 heavy (non-hydrogen) atoms. The van der Waals surface area contributed by atoms with Crippen molar-refractivity contribution in [3.8, 4) is 0 Å². The minimum absolute atomic E-state index is 1.14. The lowest BCUT2D eigenvalue weighted by molar-refractivity contribution is 0.0895. The van der Waals surface area contributed by atoms with Crippen molar-refractivity contribution >= 4 is 0 Å². The summed E-state index contributed by atoms with van der Waals surface area (Å²) in [6.45, 7) is 11.7. The van der Waals surface area contributed by atoms with Crippen molar-refractivity contribution in [3.63, 3.8) is 0 Å². The Bertz CT molecular complexity index is 130. The van der Waals surface area contributed by atoms with Crippen LogP contribution in [0.5, 0.6) is 0 Å². The molecule has 1 N–H and O–H groups in total. The molecule has 3 heteroatoms. The Morgan fingerprint density at radius 1 is 1.00 bits per heavy atom. The van der Waals surface area contributed by atoms with E-state index in [2.05, 4.69) is 29.2 Å². The van der Waals surface area contributed by atoms with E-state index >= 15 is 0 Å². The lowest BCUT2D eigenvalue weighted by atomic mass is 10.3. The van der Waals surface area contributed by atoms with Gasteiger partial charge in [0, 0.05) is 32.7 Å². The van der Waals surface area contributed by atoms with Crippen molar-refractivity contribution in [3.05, 3.63) is 0 Å². The van der Waals surface area contributed by atoms with Gasteiger partial charge in [0.05, 0.1) is 0 Å². The molecule has 1 heterocycles. The third-order valence-electron chi connectivity index (χ3n) is 2.78. The van der Waals surface area contributed by atoms with Crippen LogP contribution < -0.4 is 5.43 Å². The van der Waals surface area contributed by atoms with Crippen LogP contribution in [0.3, 0.4) is 0 Å². The van der Waals surface area contributed by atoms with Crippen LogP contribution in [0.15, 0.2) is 0 Å². The molecule has 0 aromatic carbocycles. The van der Waals surface area contributed by atoms with E-state index in [1.807, 2.05) is 0 Å². The van der Waals surface area contributed by atoms with Crippen LogP contribution in [-0.4, -0.2) is 49.2 Å². The van der Waals surface area contributed by atoms with Crippen LogP contribution in [-0.2, 0) is 0 Å². The summed E-state index contributed by atoms with van der Waals surface area (Å²) < 4.78 is 0. The number of hydrazine groups is 1. The zero-order valence-corrected chi connectivity index (χ0v) is 9.76. The number of nitrogens with zero attached hydrogens (tertiary/aromatic N) is 2. The molecule has 0 aliphatic carbocycles. The van der Waals surface area contributed by atoms with Gasteiger partial charge >= 0.3 is 0 Å². The Labute approximate surface area is 88.4 Å². The van der Waals surface area contributed by atoms with Crippen LogP contribution in [0, 0.1) is 0 Å². The van der Waals surface area contributed by atoms with Gasteiger partial charge in [0.1, 0.15) is 0 Å². The molecule has 1 fully saturated rings. The predicted molar refractivity (Wildman–Crippen MR) is 61.2 cm³/mol. The highest BCUT2D eigenvalue weighted by Gasteiger charge is 2.14. The van der Waals surface area contributed by atoms with E-state index < -0.39 is 0 Å². The molecule has 1 aliphatic heterocycles. The van der Waals surface area contributed by atoms with Crippen LogP contribution in [0.4, 0.5) is 0 Å². The maximum absolute atomic E-state index is 3.49. The van der Waals surface area contributed by atoms with Crippen LogP contribution in [0.1, 0.15) is 33.1 Å². The Morgan fingerprint density at radius 3 is 2.29 bits per heavy atom. The first-order chi connectivity index (χ1) is 6.86. The number of nitrogens with one attached hydrogen (secondary N) is 1. The number of hydrogen-bond acceptors (Lipinski definition) is 3. The van der Waals surface area contributed by atoms with Gasteiger partial charge in [-0.3, -0.25) is 5.43 Å². The number of unbranched alkanes of at least 4 members (excludes halogenated alkanes) is 1. The first-order valence-electron chi connectivity index (χ1n) is 6.07. The first kappa shape index (κ1) is 12.0. The van der Waals surface area contributed by atoms with E-state index in [9.17, 15) is 0 Å². The molecule has 0 aromatic heterocycles.